The van der Waals surface area contributed by atoms with Crippen molar-refractivity contribution in [2.75, 3.05) is 13.2 Å². The molecule has 2 N–H and O–H groups in total. The van der Waals surface area contributed by atoms with E-state index >= 15 is 0 Å². The molecule has 0 heterocycles. The van der Waals surface area contributed by atoms with E-state index in [1.54, 1.807) is 6.92 Å². The van der Waals surface area contributed by atoms with Gasteiger partial charge < -0.3 is 15.2 Å². The standard InChI is InChI=1S/C9H17NO4/c1-3-7(9(12)13)10-8(11)5-6-14-4-2/h7H,3-6H2,1-2H3,(H,10,11)(H,12,13)/t7-/m0/s1. The van der Waals surface area contributed by atoms with Gasteiger partial charge in [0.1, 0.15) is 6.04 Å². The average Bonchev–Trinajstić information content (AvgIpc) is 2.14. The predicted octanol–water partition coefficient (Wildman–Crippen LogP) is 0.392. The maximum absolute atomic E-state index is 11.1. The van der Waals surface area contributed by atoms with Gasteiger partial charge in [0.05, 0.1) is 6.61 Å². The second-order valence-corrected chi connectivity index (χ2v) is 2.81. The molecule has 0 bridgehead atoms. The molecule has 0 unspecified atom stereocenters. The van der Waals surface area contributed by atoms with Crippen molar-refractivity contribution in [2.45, 2.75) is 32.7 Å². The number of hydrogen-bond acceptors (Lipinski definition) is 3. The maximum atomic E-state index is 11.1. The van der Waals surface area contributed by atoms with Crippen molar-refractivity contribution in [2.24, 2.45) is 0 Å². The highest BCUT2D eigenvalue weighted by Gasteiger charge is 2.16. The third-order valence-electron chi connectivity index (χ3n) is 1.72. The van der Waals surface area contributed by atoms with Gasteiger partial charge in [0, 0.05) is 13.0 Å². The molecule has 0 aliphatic carbocycles. The highest BCUT2D eigenvalue weighted by atomic mass is 16.5. The van der Waals surface area contributed by atoms with Crippen molar-refractivity contribution in [3.8, 4) is 0 Å². The summed E-state index contributed by atoms with van der Waals surface area (Å²) < 4.78 is 4.97. The summed E-state index contributed by atoms with van der Waals surface area (Å²) >= 11 is 0. The van der Waals surface area contributed by atoms with E-state index in [9.17, 15) is 9.59 Å². The molecule has 0 aromatic carbocycles. The molecule has 0 aliphatic heterocycles. The monoisotopic (exact) mass is 203 g/mol. The lowest BCUT2D eigenvalue weighted by molar-refractivity contribution is -0.142. The van der Waals surface area contributed by atoms with Gasteiger partial charge in [-0.25, -0.2) is 4.79 Å². The smallest absolute Gasteiger partial charge is 0.326 e. The Bertz CT molecular complexity index is 193. The first-order valence-electron chi connectivity index (χ1n) is 4.71. The Labute approximate surface area is 83.4 Å². The Morgan fingerprint density at radius 3 is 2.50 bits per heavy atom. The zero-order chi connectivity index (χ0) is 11.0. The van der Waals surface area contributed by atoms with Crippen LogP contribution in [0, 0.1) is 0 Å². The number of hydrogen-bond donors (Lipinski definition) is 2. The quantitative estimate of drug-likeness (QED) is 0.587. The van der Waals surface area contributed by atoms with Gasteiger partial charge in [-0.1, -0.05) is 6.92 Å². The summed E-state index contributed by atoms with van der Waals surface area (Å²) in [4.78, 5) is 21.7. The Morgan fingerprint density at radius 2 is 2.07 bits per heavy atom. The highest BCUT2D eigenvalue weighted by molar-refractivity contribution is 5.83. The van der Waals surface area contributed by atoms with Crippen molar-refractivity contribution in [1.29, 1.82) is 0 Å². The lowest BCUT2D eigenvalue weighted by Crippen LogP contribution is -2.40. The lowest BCUT2D eigenvalue weighted by atomic mass is 10.2. The number of carboxylic acids is 1. The summed E-state index contributed by atoms with van der Waals surface area (Å²) in [6.45, 7) is 4.44. The van der Waals surface area contributed by atoms with Crippen LogP contribution >= 0.6 is 0 Å². The molecule has 0 rings (SSSR count). The van der Waals surface area contributed by atoms with Gasteiger partial charge in [0.15, 0.2) is 0 Å². The number of rotatable bonds is 7. The van der Waals surface area contributed by atoms with Crippen LogP contribution in [0.3, 0.4) is 0 Å². The predicted molar refractivity (Wildman–Crippen MR) is 51.0 cm³/mol. The van der Waals surface area contributed by atoms with Crippen LogP contribution in [0.15, 0.2) is 0 Å². The fourth-order valence-corrected chi connectivity index (χ4v) is 0.914. The first-order valence-corrected chi connectivity index (χ1v) is 4.71. The van der Waals surface area contributed by atoms with Crippen molar-refractivity contribution in [3.05, 3.63) is 0 Å². The number of amides is 1. The molecule has 0 fully saturated rings. The third kappa shape index (κ3) is 5.53. The number of ether oxygens (including phenoxy) is 1. The molecule has 14 heavy (non-hydrogen) atoms. The molecule has 1 amide bonds. The van der Waals surface area contributed by atoms with Crippen molar-refractivity contribution < 1.29 is 19.4 Å². The fourth-order valence-electron chi connectivity index (χ4n) is 0.914. The molecule has 0 radical (unpaired) electrons. The Balaban J connectivity index is 3.74. The minimum absolute atomic E-state index is 0.206. The number of carbonyl (C=O) groups excluding carboxylic acids is 1. The second kappa shape index (κ2) is 7.32. The molecule has 0 aromatic rings. The number of carboxylic acid groups (broad SMARTS) is 1. The van der Waals surface area contributed by atoms with E-state index in [4.69, 9.17) is 9.84 Å². The Kier molecular flexibility index (Phi) is 6.74. The van der Waals surface area contributed by atoms with Crippen LogP contribution in [0.1, 0.15) is 26.7 Å². The van der Waals surface area contributed by atoms with E-state index in [1.165, 1.54) is 0 Å². The molecule has 0 aliphatic rings. The maximum Gasteiger partial charge on any atom is 0.326 e. The van der Waals surface area contributed by atoms with E-state index < -0.39 is 12.0 Å². The van der Waals surface area contributed by atoms with Crippen molar-refractivity contribution >= 4 is 11.9 Å². The topological polar surface area (TPSA) is 75.6 Å². The van der Waals surface area contributed by atoms with Crippen LogP contribution in [0.25, 0.3) is 0 Å². The molecule has 0 aromatic heterocycles. The number of carbonyl (C=O) groups is 2. The largest absolute Gasteiger partial charge is 0.480 e. The molecular weight excluding hydrogens is 186 g/mol. The van der Waals surface area contributed by atoms with Gasteiger partial charge in [0.25, 0.3) is 0 Å². The van der Waals surface area contributed by atoms with Gasteiger partial charge in [-0.2, -0.15) is 0 Å². The SMILES string of the molecule is CCOCCC(=O)N[C@@H](CC)C(=O)O. The molecule has 0 saturated heterocycles. The fraction of sp³-hybridized carbons (Fsp3) is 0.778. The van der Waals surface area contributed by atoms with Crippen LogP contribution in [-0.2, 0) is 14.3 Å². The first-order chi connectivity index (χ1) is 6.61. The molecule has 1 atom stereocenters. The zero-order valence-electron chi connectivity index (χ0n) is 8.58. The van der Waals surface area contributed by atoms with Crippen molar-refractivity contribution in [1.82, 2.24) is 5.32 Å². The van der Waals surface area contributed by atoms with Gasteiger partial charge >= 0.3 is 5.97 Å². The van der Waals surface area contributed by atoms with Crippen LogP contribution in [0.2, 0.25) is 0 Å². The summed E-state index contributed by atoms with van der Waals surface area (Å²) in [6, 6.07) is -0.788. The lowest BCUT2D eigenvalue weighted by Gasteiger charge is -2.11. The summed E-state index contributed by atoms with van der Waals surface area (Å²) in [5.41, 5.74) is 0. The van der Waals surface area contributed by atoms with Crippen LogP contribution in [-0.4, -0.2) is 36.2 Å². The normalized spacial score (nSPS) is 12.1. The summed E-state index contributed by atoms with van der Waals surface area (Å²) in [6.07, 6.45) is 0.591. The van der Waals surface area contributed by atoms with Gasteiger partial charge in [0.2, 0.25) is 5.91 Å². The van der Waals surface area contributed by atoms with Crippen LogP contribution in [0.5, 0.6) is 0 Å². The van der Waals surface area contributed by atoms with Gasteiger partial charge in [-0.3, -0.25) is 4.79 Å². The van der Waals surface area contributed by atoms with Crippen molar-refractivity contribution in [3.63, 3.8) is 0 Å². The summed E-state index contributed by atoms with van der Waals surface area (Å²) in [5.74, 6) is -1.29. The molecule has 0 spiro atoms. The summed E-state index contributed by atoms with van der Waals surface area (Å²) in [7, 11) is 0. The van der Waals surface area contributed by atoms with Gasteiger partial charge in [-0.15, -0.1) is 0 Å². The average molecular weight is 203 g/mol. The molecular formula is C9H17NO4. The van der Waals surface area contributed by atoms with E-state index in [0.717, 1.165) is 0 Å². The molecule has 0 saturated carbocycles. The van der Waals surface area contributed by atoms with Gasteiger partial charge in [-0.05, 0) is 13.3 Å². The minimum atomic E-state index is -1.00. The van der Waals surface area contributed by atoms with E-state index in [0.29, 0.717) is 19.6 Å². The van der Waals surface area contributed by atoms with E-state index in [-0.39, 0.29) is 12.3 Å². The minimum Gasteiger partial charge on any atom is -0.480 e. The first kappa shape index (κ1) is 12.9. The second-order valence-electron chi connectivity index (χ2n) is 2.81. The summed E-state index contributed by atoms with van der Waals surface area (Å²) in [5, 5.41) is 11.1. The third-order valence-corrected chi connectivity index (χ3v) is 1.72. The van der Waals surface area contributed by atoms with E-state index in [1.807, 2.05) is 6.92 Å². The highest BCUT2D eigenvalue weighted by Crippen LogP contribution is 1.92. The molecule has 5 heteroatoms. The number of nitrogens with one attached hydrogen (secondary N) is 1. The zero-order valence-corrected chi connectivity index (χ0v) is 8.58. The molecule has 82 valence electrons. The van der Waals surface area contributed by atoms with E-state index in [2.05, 4.69) is 5.32 Å². The van der Waals surface area contributed by atoms with Crippen LogP contribution < -0.4 is 5.32 Å². The van der Waals surface area contributed by atoms with Crippen LogP contribution in [0.4, 0.5) is 0 Å². The molecule has 5 nitrogen and oxygen atoms in total. The Morgan fingerprint density at radius 1 is 1.43 bits per heavy atom. The Hall–Kier alpha value is -1.10. The number of aliphatic carboxylic acids is 1.